The second-order valence-corrected chi connectivity index (χ2v) is 7.81. The molecule has 138 valence electrons. The van der Waals surface area contributed by atoms with Gasteiger partial charge in [-0.15, -0.1) is 0 Å². The number of hydrogen-bond donors (Lipinski definition) is 0. The van der Waals surface area contributed by atoms with E-state index in [0.29, 0.717) is 24.1 Å². The SMILES string of the molecule is CN(C)C[C@H]1[C@H]2C[C@H](CN(Cc3ncccc3F)C2)c2cccc(=O)n21. The first-order valence-electron chi connectivity index (χ1n) is 9.21. The third-order valence-electron chi connectivity index (χ3n) is 5.63. The van der Waals surface area contributed by atoms with Gasteiger partial charge in [0.2, 0.25) is 0 Å². The number of hydrogen-bond acceptors (Lipinski definition) is 4. The summed E-state index contributed by atoms with van der Waals surface area (Å²) < 4.78 is 16.0. The topological polar surface area (TPSA) is 41.4 Å². The number of rotatable bonds is 4. The van der Waals surface area contributed by atoms with Gasteiger partial charge in [0, 0.05) is 50.1 Å². The van der Waals surface area contributed by atoms with Crippen LogP contribution in [0.2, 0.25) is 0 Å². The summed E-state index contributed by atoms with van der Waals surface area (Å²) >= 11 is 0. The molecule has 0 saturated carbocycles. The van der Waals surface area contributed by atoms with Crippen molar-refractivity contribution in [2.24, 2.45) is 5.92 Å². The maximum absolute atomic E-state index is 14.0. The molecule has 0 aliphatic carbocycles. The number of likely N-dealkylation sites (N-methyl/N-ethyl adjacent to an activating group) is 1. The Morgan fingerprint density at radius 1 is 1.23 bits per heavy atom. The molecule has 2 bridgehead atoms. The van der Waals surface area contributed by atoms with Crippen molar-refractivity contribution in [3.8, 4) is 0 Å². The van der Waals surface area contributed by atoms with Crippen molar-refractivity contribution in [1.29, 1.82) is 0 Å². The third-order valence-corrected chi connectivity index (χ3v) is 5.63. The zero-order valence-corrected chi connectivity index (χ0v) is 15.3. The zero-order chi connectivity index (χ0) is 18.3. The molecule has 0 amide bonds. The molecular weight excluding hydrogens is 331 g/mol. The molecule has 1 saturated heterocycles. The Morgan fingerprint density at radius 2 is 2.08 bits per heavy atom. The smallest absolute Gasteiger partial charge is 0.251 e. The number of likely N-dealkylation sites (tertiary alicyclic amines) is 1. The van der Waals surface area contributed by atoms with E-state index < -0.39 is 0 Å². The molecular formula is C20H25FN4O. The first-order valence-corrected chi connectivity index (χ1v) is 9.21. The number of piperidine rings is 1. The van der Waals surface area contributed by atoms with Gasteiger partial charge in [-0.05, 0) is 44.6 Å². The van der Waals surface area contributed by atoms with Crippen LogP contribution in [0.15, 0.2) is 41.3 Å². The quantitative estimate of drug-likeness (QED) is 0.841. The number of fused-ring (bicyclic) bond motifs is 4. The van der Waals surface area contributed by atoms with Crippen LogP contribution < -0.4 is 5.56 Å². The van der Waals surface area contributed by atoms with Crippen LogP contribution in [0.5, 0.6) is 0 Å². The molecule has 0 aromatic carbocycles. The van der Waals surface area contributed by atoms with Crippen molar-refractivity contribution in [3.05, 3.63) is 64.1 Å². The lowest BCUT2D eigenvalue weighted by Gasteiger charge is -2.47. The Kier molecular flexibility index (Phi) is 4.63. The van der Waals surface area contributed by atoms with Crippen molar-refractivity contribution >= 4 is 0 Å². The van der Waals surface area contributed by atoms with Crippen molar-refractivity contribution in [2.75, 3.05) is 33.7 Å². The molecule has 5 nitrogen and oxygen atoms in total. The van der Waals surface area contributed by atoms with E-state index in [2.05, 4.69) is 20.9 Å². The first-order chi connectivity index (χ1) is 12.5. The predicted octanol–water partition coefficient (Wildman–Crippen LogP) is 2.10. The highest BCUT2D eigenvalue weighted by Gasteiger charge is 2.40. The molecule has 0 N–H and O–H groups in total. The second kappa shape index (κ2) is 6.93. The van der Waals surface area contributed by atoms with Crippen LogP contribution in [0.25, 0.3) is 0 Å². The second-order valence-electron chi connectivity index (χ2n) is 7.81. The van der Waals surface area contributed by atoms with Crippen molar-refractivity contribution < 1.29 is 4.39 Å². The Morgan fingerprint density at radius 3 is 2.85 bits per heavy atom. The van der Waals surface area contributed by atoms with Crippen molar-refractivity contribution in [2.45, 2.75) is 24.9 Å². The molecule has 4 heterocycles. The summed E-state index contributed by atoms with van der Waals surface area (Å²) in [4.78, 5) is 21.2. The maximum atomic E-state index is 14.0. The average molecular weight is 356 g/mol. The van der Waals surface area contributed by atoms with E-state index in [1.165, 1.54) is 6.07 Å². The molecule has 1 fully saturated rings. The van der Waals surface area contributed by atoms with Crippen molar-refractivity contribution in [3.63, 3.8) is 0 Å². The van der Waals surface area contributed by atoms with E-state index in [9.17, 15) is 9.18 Å². The standard InChI is InChI=1S/C20H25FN4O/c1-23(2)13-19-15-9-14(18-6-3-7-20(26)25(18)19)10-24(11-15)12-17-16(21)5-4-8-22-17/h3-8,14-15,19H,9-13H2,1-2H3/t14-,15+,19+/m1/s1. The minimum Gasteiger partial charge on any atom is -0.308 e. The van der Waals surface area contributed by atoms with Gasteiger partial charge >= 0.3 is 0 Å². The molecule has 3 atom stereocenters. The highest BCUT2D eigenvalue weighted by Crippen LogP contribution is 2.41. The van der Waals surface area contributed by atoms with Gasteiger partial charge < -0.3 is 9.47 Å². The fourth-order valence-electron chi connectivity index (χ4n) is 4.62. The number of halogens is 1. The van der Waals surface area contributed by atoms with Crippen LogP contribution in [0.1, 0.15) is 29.8 Å². The third kappa shape index (κ3) is 3.19. The lowest BCUT2D eigenvalue weighted by Crippen LogP contribution is -2.51. The largest absolute Gasteiger partial charge is 0.308 e. The summed E-state index contributed by atoms with van der Waals surface area (Å²) in [5, 5.41) is 0. The summed E-state index contributed by atoms with van der Waals surface area (Å²) in [5.41, 5.74) is 1.71. The van der Waals surface area contributed by atoms with Gasteiger partial charge in [-0.25, -0.2) is 4.39 Å². The van der Waals surface area contributed by atoms with Gasteiger partial charge in [0.15, 0.2) is 0 Å². The summed E-state index contributed by atoms with van der Waals surface area (Å²) in [6, 6.07) is 8.85. The molecule has 6 heteroatoms. The summed E-state index contributed by atoms with van der Waals surface area (Å²) in [7, 11) is 4.09. The van der Waals surface area contributed by atoms with E-state index in [1.807, 2.05) is 24.7 Å². The van der Waals surface area contributed by atoms with Crippen LogP contribution in [0, 0.1) is 11.7 Å². The van der Waals surface area contributed by atoms with Crippen LogP contribution in [0.3, 0.4) is 0 Å². The van der Waals surface area contributed by atoms with Gasteiger partial charge in [0.1, 0.15) is 5.82 Å². The van der Waals surface area contributed by atoms with Gasteiger partial charge in [-0.1, -0.05) is 6.07 Å². The number of nitrogens with zero attached hydrogens (tertiary/aromatic N) is 4. The fourth-order valence-corrected chi connectivity index (χ4v) is 4.62. The van der Waals surface area contributed by atoms with E-state index in [4.69, 9.17) is 0 Å². The van der Waals surface area contributed by atoms with Gasteiger partial charge in [0.05, 0.1) is 11.7 Å². The minimum absolute atomic E-state index is 0.0910. The highest BCUT2D eigenvalue weighted by molar-refractivity contribution is 5.20. The molecule has 0 radical (unpaired) electrons. The van der Waals surface area contributed by atoms with Crippen LogP contribution >= 0.6 is 0 Å². The Labute approximate surface area is 153 Å². The van der Waals surface area contributed by atoms with E-state index in [-0.39, 0.29) is 17.4 Å². The monoisotopic (exact) mass is 356 g/mol. The first kappa shape index (κ1) is 17.4. The van der Waals surface area contributed by atoms with Crippen LogP contribution in [-0.4, -0.2) is 53.1 Å². The molecule has 4 rings (SSSR count). The molecule has 2 aromatic heterocycles. The van der Waals surface area contributed by atoms with Gasteiger partial charge in [-0.3, -0.25) is 14.7 Å². The van der Waals surface area contributed by atoms with Gasteiger partial charge in [0.25, 0.3) is 5.56 Å². The number of pyridine rings is 2. The van der Waals surface area contributed by atoms with E-state index in [0.717, 1.165) is 31.7 Å². The highest BCUT2D eigenvalue weighted by atomic mass is 19.1. The molecule has 2 aliphatic heterocycles. The lowest BCUT2D eigenvalue weighted by atomic mass is 9.78. The summed E-state index contributed by atoms with van der Waals surface area (Å²) in [6.07, 6.45) is 2.73. The minimum atomic E-state index is -0.246. The number of aromatic nitrogens is 2. The normalized spacial score (nSPS) is 25.3. The van der Waals surface area contributed by atoms with E-state index >= 15 is 0 Å². The van der Waals surface area contributed by atoms with Gasteiger partial charge in [-0.2, -0.15) is 0 Å². The summed E-state index contributed by atoms with van der Waals surface area (Å²) in [6.45, 7) is 3.06. The lowest BCUT2D eigenvalue weighted by molar-refractivity contribution is 0.0729. The van der Waals surface area contributed by atoms with Crippen LogP contribution in [0.4, 0.5) is 4.39 Å². The average Bonchev–Trinajstić information content (AvgIpc) is 2.60. The molecule has 2 aliphatic rings. The molecule has 0 unspecified atom stereocenters. The molecule has 2 aromatic rings. The Bertz CT molecular complexity index is 850. The van der Waals surface area contributed by atoms with Crippen molar-refractivity contribution in [1.82, 2.24) is 19.4 Å². The van der Waals surface area contributed by atoms with E-state index in [1.54, 1.807) is 18.3 Å². The maximum Gasteiger partial charge on any atom is 0.251 e. The molecule has 26 heavy (non-hydrogen) atoms. The zero-order valence-electron chi connectivity index (χ0n) is 15.3. The predicted molar refractivity (Wildman–Crippen MR) is 98.6 cm³/mol. The van der Waals surface area contributed by atoms with Crippen LogP contribution in [-0.2, 0) is 6.54 Å². The molecule has 0 spiro atoms. The Hall–Kier alpha value is -2.05. The fraction of sp³-hybridized carbons (Fsp3) is 0.500. The Balaban J connectivity index is 1.66. The summed E-state index contributed by atoms with van der Waals surface area (Å²) in [5.74, 6) is 0.452.